The van der Waals surface area contributed by atoms with E-state index in [9.17, 15) is 45.6 Å². The van der Waals surface area contributed by atoms with E-state index in [4.69, 9.17) is 18.9 Å². The van der Waals surface area contributed by atoms with Crippen molar-refractivity contribution in [1.82, 2.24) is 5.32 Å². The number of carbonyl (C=O) groups is 1. The van der Waals surface area contributed by atoms with Gasteiger partial charge in [0.15, 0.2) is 12.6 Å². The number of carbonyl (C=O) groups excluding carboxylic acids is 1. The monoisotopic (exact) mass is 922 g/mol. The van der Waals surface area contributed by atoms with Gasteiger partial charge in [-0.3, -0.25) is 4.79 Å². The molecule has 0 aliphatic carbocycles. The quantitative estimate of drug-likeness (QED) is 0.0258. The summed E-state index contributed by atoms with van der Waals surface area (Å²) in [7, 11) is 0. The van der Waals surface area contributed by atoms with Gasteiger partial charge in [0.05, 0.1) is 32.0 Å². The molecule has 9 N–H and O–H groups in total. The van der Waals surface area contributed by atoms with Crippen molar-refractivity contribution in [3.05, 3.63) is 72.9 Å². The zero-order valence-corrected chi connectivity index (χ0v) is 39.4. The summed E-state index contributed by atoms with van der Waals surface area (Å²) in [6, 6.07) is -0.844. The lowest BCUT2D eigenvalue weighted by Crippen LogP contribution is -2.65. The van der Waals surface area contributed by atoms with Crippen LogP contribution in [0.15, 0.2) is 72.9 Å². The van der Waals surface area contributed by atoms with Gasteiger partial charge >= 0.3 is 0 Å². The molecule has 1 amide bonds. The van der Waals surface area contributed by atoms with Crippen molar-refractivity contribution in [2.75, 3.05) is 19.8 Å². The number of allylic oxidation sites excluding steroid dienone is 12. The first-order chi connectivity index (χ1) is 31.6. The summed E-state index contributed by atoms with van der Waals surface area (Å²) >= 11 is 0. The Kier molecular flexibility index (Phi) is 33.7. The fourth-order valence-electron chi connectivity index (χ4n) is 7.65. The Morgan fingerprint density at radius 1 is 0.569 bits per heavy atom. The third-order valence-electron chi connectivity index (χ3n) is 11.7. The van der Waals surface area contributed by atoms with Gasteiger partial charge in [0.25, 0.3) is 0 Å². The van der Waals surface area contributed by atoms with Crippen LogP contribution in [-0.2, 0) is 23.7 Å². The highest BCUT2D eigenvalue weighted by Gasteiger charge is 2.51. The van der Waals surface area contributed by atoms with Crippen LogP contribution in [0.4, 0.5) is 0 Å². The van der Waals surface area contributed by atoms with E-state index < -0.39 is 86.8 Å². The highest BCUT2D eigenvalue weighted by Crippen LogP contribution is 2.30. The SMILES string of the molecule is CC/C=C\C/C=C\C/C=C\C/C=C\C/C=C\C/C=C\CCCCCCC(=O)NC(COC1OC(CO)C(OC2OC(CO)C(O)C(O)C2O)C(O)C1O)C(O)CCCCCCCCCC. The van der Waals surface area contributed by atoms with E-state index in [0.717, 1.165) is 89.9 Å². The Balaban J connectivity index is 1.78. The molecule has 0 radical (unpaired) electrons. The second-order valence-electron chi connectivity index (χ2n) is 17.2. The first kappa shape index (κ1) is 58.6. The van der Waals surface area contributed by atoms with Crippen LogP contribution >= 0.6 is 0 Å². The van der Waals surface area contributed by atoms with Crippen molar-refractivity contribution in [3.63, 3.8) is 0 Å². The van der Waals surface area contributed by atoms with Crippen molar-refractivity contribution in [2.24, 2.45) is 0 Å². The Bertz CT molecular complexity index is 1370. The van der Waals surface area contributed by atoms with Crippen molar-refractivity contribution < 1.29 is 64.6 Å². The Morgan fingerprint density at radius 3 is 1.63 bits per heavy atom. The Morgan fingerprint density at radius 2 is 1.06 bits per heavy atom. The fourth-order valence-corrected chi connectivity index (χ4v) is 7.65. The van der Waals surface area contributed by atoms with Crippen LogP contribution in [0.25, 0.3) is 0 Å². The zero-order chi connectivity index (χ0) is 47.5. The molecule has 14 heteroatoms. The lowest BCUT2D eigenvalue weighted by molar-refractivity contribution is -0.359. The van der Waals surface area contributed by atoms with Gasteiger partial charge in [-0.05, 0) is 64.2 Å². The zero-order valence-electron chi connectivity index (χ0n) is 39.4. The lowest BCUT2D eigenvalue weighted by atomic mass is 9.97. The molecule has 2 aliphatic heterocycles. The summed E-state index contributed by atoms with van der Waals surface area (Å²) in [5.41, 5.74) is 0. The van der Waals surface area contributed by atoms with E-state index in [1.807, 2.05) is 0 Å². The second-order valence-corrected chi connectivity index (χ2v) is 17.2. The van der Waals surface area contributed by atoms with Crippen molar-refractivity contribution in [3.8, 4) is 0 Å². The number of amides is 1. The number of nitrogens with one attached hydrogen (secondary N) is 1. The maximum absolute atomic E-state index is 13.1. The van der Waals surface area contributed by atoms with Gasteiger partial charge in [-0.2, -0.15) is 0 Å². The van der Waals surface area contributed by atoms with Crippen molar-refractivity contribution in [2.45, 2.75) is 222 Å². The molecule has 0 aromatic carbocycles. The molecule has 0 saturated carbocycles. The number of hydrogen-bond acceptors (Lipinski definition) is 13. The number of hydrogen-bond donors (Lipinski definition) is 9. The van der Waals surface area contributed by atoms with Crippen LogP contribution in [0, 0.1) is 0 Å². The number of aliphatic hydroxyl groups excluding tert-OH is 8. The first-order valence-electron chi connectivity index (χ1n) is 24.7. The van der Waals surface area contributed by atoms with E-state index in [2.05, 4.69) is 92.1 Å². The van der Waals surface area contributed by atoms with Gasteiger partial charge < -0.3 is 65.1 Å². The van der Waals surface area contributed by atoms with Crippen LogP contribution in [0.2, 0.25) is 0 Å². The molecule has 2 aliphatic rings. The van der Waals surface area contributed by atoms with Crippen LogP contribution in [0.3, 0.4) is 0 Å². The predicted octanol–water partition coefficient (Wildman–Crippen LogP) is 6.04. The lowest BCUT2D eigenvalue weighted by Gasteiger charge is -2.46. The summed E-state index contributed by atoms with van der Waals surface area (Å²) in [5, 5.41) is 86.6. The van der Waals surface area contributed by atoms with Crippen LogP contribution in [0.5, 0.6) is 0 Å². The van der Waals surface area contributed by atoms with E-state index in [1.54, 1.807) is 0 Å². The van der Waals surface area contributed by atoms with Gasteiger partial charge in [-0.25, -0.2) is 0 Å². The largest absolute Gasteiger partial charge is 0.394 e. The predicted molar refractivity (Wildman–Crippen MR) is 253 cm³/mol. The Labute approximate surface area is 389 Å². The minimum atomic E-state index is -1.79. The average Bonchev–Trinajstić information content (AvgIpc) is 3.30. The molecule has 12 unspecified atom stereocenters. The number of unbranched alkanes of at least 4 members (excludes halogenated alkanes) is 11. The molecule has 0 bridgehead atoms. The van der Waals surface area contributed by atoms with E-state index in [0.29, 0.717) is 12.8 Å². The van der Waals surface area contributed by atoms with Gasteiger partial charge in [0.2, 0.25) is 5.91 Å². The van der Waals surface area contributed by atoms with Crippen LogP contribution in [-0.4, -0.2) is 140 Å². The molecule has 2 fully saturated rings. The molecule has 2 rings (SSSR count). The molecule has 2 heterocycles. The average molecular weight is 922 g/mol. The van der Waals surface area contributed by atoms with Gasteiger partial charge in [-0.15, -0.1) is 0 Å². The summed E-state index contributed by atoms with van der Waals surface area (Å²) in [4.78, 5) is 13.1. The smallest absolute Gasteiger partial charge is 0.220 e. The molecule has 0 aromatic rings. The molecular weight excluding hydrogens is 835 g/mol. The number of rotatable bonds is 36. The molecule has 374 valence electrons. The van der Waals surface area contributed by atoms with Crippen molar-refractivity contribution in [1.29, 1.82) is 0 Å². The number of aliphatic hydroxyl groups is 8. The third kappa shape index (κ3) is 24.9. The second kappa shape index (κ2) is 37.4. The third-order valence-corrected chi connectivity index (χ3v) is 11.7. The molecule has 0 spiro atoms. The van der Waals surface area contributed by atoms with Gasteiger partial charge in [0.1, 0.15) is 48.8 Å². The molecule has 65 heavy (non-hydrogen) atoms. The summed E-state index contributed by atoms with van der Waals surface area (Å²) in [5.74, 6) is -0.239. The highest BCUT2D eigenvalue weighted by atomic mass is 16.7. The van der Waals surface area contributed by atoms with Gasteiger partial charge in [0, 0.05) is 6.42 Å². The molecule has 12 atom stereocenters. The highest BCUT2D eigenvalue weighted by molar-refractivity contribution is 5.76. The first-order valence-corrected chi connectivity index (χ1v) is 24.7. The maximum Gasteiger partial charge on any atom is 0.220 e. The standard InChI is InChI=1S/C51H87NO13/c1-3-5-7-9-11-13-14-15-16-17-18-19-20-21-22-23-24-25-26-27-29-31-33-35-43(56)52-39(40(55)34-32-30-28-12-10-8-6-4-2)38-62-50-48(61)46(59)49(42(37-54)64-50)65-51-47(60)45(58)44(57)41(36-53)63-51/h5,7,11,13,15-16,18-19,21-22,24-25,39-42,44-51,53-55,57-61H,3-4,6,8-10,12,14,17,20,23,26-38H2,1-2H3,(H,52,56)/b7-5-,13-11-,16-15-,19-18-,22-21-,25-24-. The normalized spacial score (nSPS) is 27.7. The maximum atomic E-state index is 13.1. The molecule has 2 saturated heterocycles. The van der Waals surface area contributed by atoms with E-state index in [1.165, 1.54) is 25.7 Å². The fraction of sp³-hybridized carbons (Fsp3) is 0.745. The van der Waals surface area contributed by atoms with Gasteiger partial charge in [-0.1, -0.05) is 151 Å². The van der Waals surface area contributed by atoms with E-state index >= 15 is 0 Å². The van der Waals surface area contributed by atoms with E-state index in [-0.39, 0.29) is 18.9 Å². The minimum Gasteiger partial charge on any atom is -0.394 e. The topological polar surface area (TPSA) is 228 Å². The molecule has 0 aromatic heterocycles. The van der Waals surface area contributed by atoms with Crippen molar-refractivity contribution >= 4 is 5.91 Å². The summed E-state index contributed by atoms with van der Waals surface area (Å²) < 4.78 is 22.6. The Hall–Kier alpha value is -2.57. The summed E-state index contributed by atoms with van der Waals surface area (Å²) in [6.07, 6.45) is 29.3. The minimum absolute atomic E-state index is 0.239. The molecule has 14 nitrogen and oxygen atoms in total. The van der Waals surface area contributed by atoms with Crippen LogP contribution in [0.1, 0.15) is 149 Å². The molecular formula is C51H87NO13. The van der Waals surface area contributed by atoms with Crippen LogP contribution < -0.4 is 5.32 Å². The summed E-state index contributed by atoms with van der Waals surface area (Å²) in [6.45, 7) is 2.65. The number of ether oxygens (including phenoxy) is 4.